The molecule has 24 heavy (non-hydrogen) atoms. The van der Waals surface area contributed by atoms with Crippen LogP contribution in [0.4, 0.5) is 5.95 Å². The molecule has 3 aromatic rings. The fourth-order valence-corrected chi connectivity index (χ4v) is 3.05. The summed E-state index contributed by atoms with van der Waals surface area (Å²) in [7, 11) is 1.62. The number of nitrogens with one attached hydrogen (secondary N) is 1. The summed E-state index contributed by atoms with van der Waals surface area (Å²) in [6, 6.07) is 13.0. The van der Waals surface area contributed by atoms with Gasteiger partial charge in [-0.2, -0.15) is 0 Å². The minimum Gasteiger partial charge on any atom is -0.497 e. The molecule has 0 atom stereocenters. The summed E-state index contributed by atoms with van der Waals surface area (Å²) in [5, 5.41) is 2.90. The lowest BCUT2D eigenvalue weighted by Crippen LogP contribution is -2.21. The molecule has 0 aliphatic rings. The van der Waals surface area contributed by atoms with Crippen LogP contribution in [-0.4, -0.2) is 23.0 Å². The zero-order chi connectivity index (χ0) is 16.9. The Morgan fingerprint density at radius 1 is 1.29 bits per heavy atom. The van der Waals surface area contributed by atoms with Crippen molar-refractivity contribution in [2.24, 2.45) is 0 Å². The quantitative estimate of drug-likeness (QED) is 0.745. The zero-order valence-corrected chi connectivity index (χ0v) is 13.8. The number of thiophene rings is 1. The van der Waals surface area contributed by atoms with Gasteiger partial charge < -0.3 is 15.8 Å². The van der Waals surface area contributed by atoms with Gasteiger partial charge in [-0.3, -0.25) is 4.79 Å². The van der Waals surface area contributed by atoms with Crippen LogP contribution in [0.1, 0.15) is 15.2 Å². The molecular weight excluding hydrogens is 324 g/mol. The maximum absolute atomic E-state index is 12.3. The van der Waals surface area contributed by atoms with E-state index < -0.39 is 0 Å². The summed E-state index contributed by atoms with van der Waals surface area (Å²) in [5.74, 6) is 0.850. The van der Waals surface area contributed by atoms with Crippen molar-refractivity contribution < 1.29 is 9.53 Å². The molecule has 0 spiro atoms. The van der Waals surface area contributed by atoms with Crippen LogP contribution in [0.2, 0.25) is 0 Å². The van der Waals surface area contributed by atoms with Gasteiger partial charge >= 0.3 is 0 Å². The Hall–Kier alpha value is -2.93. The van der Waals surface area contributed by atoms with Gasteiger partial charge in [-0.05, 0) is 35.9 Å². The lowest BCUT2D eigenvalue weighted by atomic mass is 10.2. The van der Waals surface area contributed by atoms with Gasteiger partial charge in [-0.1, -0.05) is 12.1 Å². The lowest BCUT2D eigenvalue weighted by molar-refractivity contribution is 0.0955. The molecule has 0 aliphatic carbocycles. The summed E-state index contributed by atoms with van der Waals surface area (Å²) in [6.07, 6.45) is 1.60. The summed E-state index contributed by atoms with van der Waals surface area (Å²) in [6.45, 7) is 0.434. The molecule has 0 bridgehead atoms. The van der Waals surface area contributed by atoms with Crippen LogP contribution < -0.4 is 15.8 Å². The predicted octanol–water partition coefficient (Wildman–Crippen LogP) is 2.73. The van der Waals surface area contributed by atoms with Gasteiger partial charge in [-0.15, -0.1) is 11.3 Å². The summed E-state index contributed by atoms with van der Waals surface area (Å²) < 4.78 is 5.18. The van der Waals surface area contributed by atoms with E-state index in [0.717, 1.165) is 16.2 Å². The van der Waals surface area contributed by atoms with Gasteiger partial charge in [0.2, 0.25) is 5.95 Å². The van der Waals surface area contributed by atoms with E-state index in [9.17, 15) is 4.79 Å². The molecule has 0 aliphatic heterocycles. The highest BCUT2D eigenvalue weighted by atomic mass is 32.1. The summed E-state index contributed by atoms with van der Waals surface area (Å²) in [4.78, 5) is 21.8. The van der Waals surface area contributed by atoms with Crippen LogP contribution in [0, 0.1) is 0 Å². The Kier molecular flexibility index (Phi) is 4.72. The fourth-order valence-electron chi connectivity index (χ4n) is 2.16. The SMILES string of the molecule is COc1cccc(CNC(=O)c2ccc(-c3ccnc(N)n3)s2)c1. The molecule has 6 nitrogen and oxygen atoms in total. The third-order valence-corrected chi connectivity index (χ3v) is 4.45. The van der Waals surface area contributed by atoms with Crippen LogP contribution in [0.5, 0.6) is 5.75 Å². The van der Waals surface area contributed by atoms with E-state index >= 15 is 0 Å². The fraction of sp³-hybridized carbons (Fsp3) is 0.118. The van der Waals surface area contributed by atoms with E-state index in [2.05, 4.69) is 15.3 Å². The number of hydrogen-bond donors (Lipinski definition) is 2. The van der Waals surface area contributed by atoms with Gasteiger partial charge in [0.15, 0.2) is 0 Å². The molecule has 0 saturated heterocycles. The van der Waals surface area contributed by atoms with Crippen LogP contribution in [0.25, 0.3) is 10.6 Å². The number of methoxy groups -OCH3 is 1. The number of anilines is 1. The van der Waals surface area contributed by atoms with Gasteiger partial charge in [0.05, 0.1) is 22.6 Å². The number of nitrogens with two attached hydrogens (primary N) is 1. The first-order chi connectivity index (χ1) is 11.7. The molecule has 0 fully saturated rings. The molecule has 0 radical (unpaired) electrons. The van der Waals surface area contributed by atoms with E-state index in [1.165, 1.54) is 11.3 Å². The standard InChI is InChI=1S/C17H16N4O2S/c1-23-12-4-2-3-11(9-12)10-20-16(22)15-6-5-14(24-15)13-7-8-19-17(18)21-13/h2-9H,10H2,1H3,(H,20,22)(H2,18,19,21). The number of carbonyl (C=O) groups is 1. The summed E-state index contributed by atoms with van der Waals surface area (Å²) in [5.41, 5.74) is 7.27. The number of benzene rings is 1. The number of aromatic nitrogens is 2. The lowest BCUT2D eigenvalue weighted by Gasteiger charge is -2.06. The Bertz CT molecular complexity index is 863. The second-order valence-corrected chi connectivity index (χ2v) is 6.08. The maximum atomic E-state index is 12.3. The maximum Gasteiger partial charge on any atom is 0.261 e. The van der Waals surface area contributed by atoms with Crippen molar-refractivity contribution in [1.29, 1.82) is 0 Å². The zero-order valence-electron chi connectivity index (χ0n) is 13.0. The number of carbonyl (C=O) groups excluding carboxylic acids is 1. The van der Waals surface area contributed by atoms with E-state index in [4.69, 9.17) is 10.5 Å². The molecule has 3 rings (SSSR count). The Morgan fingerprint density at radius 3 is 2.96 bits per heavy atom. The molecule has 122 valence electrons. The number of ether oxygens (including phenoxy) is 1. The molecule has 2 aromatic heterocycles. The van der Waals surface area contributed by atoms with Crippen molar-refractivity contribution in [1.82, 2.24) is 15.3 Å². The number of amides is 1. The molecule has 3 N–H and O–H groups in total. The topological polar surface area (TPSA) is 90.1 Å². The molecule has 7 heteroatoms. The first-order valence-corrected chi connectivity index (χ1v) is 8.07. The second kappa shape index (κ2) is 7.10. The number of nitrogens with zero attached hydrogens (tertiary/aromatic N) is 2. The summed E-state index contributed by atoms with van der Waals surface area (Å²) >= 11 is 1.36. The number of nitrogen functional groups attached to an aromatic ring is 1. The second-order valence-electron chi connectivity index (χ2n) is 5.00. The first kappa shape index (κ1) is 15.9. The average molecular weight is 340 g/mol. The Balaban J connectivity index is 1.67. The van der Waals surface area contributed by atoms with Crippen LogP contribution in [0.15, 0.2) is 48.7 Å². The van der Waals surface area contributed by atoms with Crippen LogP contribution in [0.3, 0.4) is 0 Å². The normalized spacial score (nSPS) is 10.4. The molecule has 0 unspecified atom stereocenters. The number of hydrogen-bond acceptors (Lipinski definition) is 6. The monoisotopic (exact) mass is 340 g/mol. The Labute approximate surface area is 143 Å². The van der Waals surface area contributed by atoms with Gasteiger partial charge in [0.1, 0.15) is 5.75 Å². The van der Waals surface area contributed by atoms with Gasteiger partial charge in [0.25, 0.3) is 5.91 Å². The van der Waals surface area contributed by atoms with Crippen LogP contribution >= 0.6 is 11.3 Å². The van der Waals surface area contributed by atoms with E-state index in [-0.39, 0.29) is 11.9 Å². The molecule has 2 heterocycles. The molecule has 1 aromatic carbocycles. The first-order valence-electron chi connectivity index (χ1n) is 7.25. The van der Waals surface area contributed by atoms with Crippen molar-refractivity contribution in [3.8, 4) is 16.3 Å². The van der Waals surface area contributed by atoms with Gasteiger partial charge in [0, 0.05) is 12.7 Å². The predicted molar refractivity (Wildman–Crippen MR) is 93.9 cm³/mol. The highest BCUT2D eigenvalue weighted by Gasteiger charge is 2.11. The minimum absolute atomic E-state index is 0.129. The molecular formula is C17H16N4O2S. The van der Waals surface area contributed by atoms with Crippen molar-refractivity contribution >= 4 is 23.2 Å². The highest BCUT2D eigenvalue weighted by molar-refractivity contribution is 7.17. The molecule has 1 amide bonds. The van der Waals surface area contributed by atoms with Gasteiger partial charge in [-0.25, -0.2) is 9.97 Å². The van der Waals surface area contributed by atoms with Crippen molar-refractivity contribution in [3.63, 3.8) is 0 Å². The Morgan fingerprint density at radius 2 is 2.17 bits per heavy atom. The third kappa shape index (κ3) is 3.69. The average Bonchev–Trinajstić information content (AvgIpc) is 3.10. The number of rotatable bonds is 5. The van der Waals surface area contributed by atoms with Crippen molar-refractivity contribution in [3.05, 3.63) is 59.1 Å². The van der Waals surface area contributed by atoms with E-state index in [1.54, 1.807) is 25.4 Å². The van der Waals surface area contributed by atoms with E-state index in [1.807, 2.05) is 30.3 Å². The third-order valence-electron chi connectivity index (χ3n) is 3.34. The van der Waals surface area contributed by atoms with Crippen molar-refractivity contribution in [2.75, 3.05) is 12.8 Å². The minimum atomic E-state index is -0.129. The van der Waals surface area contributed by atoms with E-state index in [0.29, 0.717) is 17.1 Å². The smallest absolute Gasteiger partial charge is 0.261 e. The van der Waals surface area contributed by atoms with Crippen molar-refractivity contribution in [2.45, 2.75) is 6.54 Å². The molecule has 0 saturated carbocycles. The van der Waals surface area contributed by atoms with Crippen LogP contribution in [-0.2, 0) is 6.54 Å². The largest absolute Gasteiger partial charge is 0.497 e. The highest BCUT2D eigenvalue weighted by Crippen LogP contribution is 2.26.